The average Bonchev–Trinajstić information content (AvgIpc) is 2.39. The van der Waals surface area contributed by atoms with Crippen LogP contribution in [-0.2, 0) is 9.53 Å². The largest absolute Gasteiger partial charge is 0.383 e. The first kappa shape index (κ1) is 16.4. The molecule has 0 radical (unpaired) electrons. The van der Waals surface area contributed by atoms with Gasteiger partial charge in [-0.25, -0.2) is 0 Å². The second-order valence-electron chi connectivity index (χ2n) is 5.91. The van der Waals surface area contributed by atoms with Crippen molar-refractivity contribution in [1.29, 1.82) is 0 Å². The van der Waals surface area contributed by atoms with Crippen LogP contribution in [0.25, 0.3) is 0 Å². The third kappa shape index (κ3) is 6.92. The van der Waals surface area contributed by atoms with Crippen LogP contribution in [0.4, 0.5) is 0 Å². The Morgan fingerprint density at radius 3 is 2.79 bits per heavy atom. The van der Waals surface area contributed by atoms with E-state index in [1.54, 1.807) is 7.11 Å². The Morgan fingerprint density at radius 1 is 1.32 bits per heavy atom. The van der Waals surface area contributed by atoms with E-state index in [-0.39, 0.29) is 5.91 Å². The van der Waals surface area contributed by atoms with E-state index in [0.717, 1.165) is 18.4 Å². The number of amides is 1. The molecule has 0 aromatic rings. The maximum Gasteiger partial charge on any atom is 0.221 e. The zero-order valence-corrected chi connectivity index (χ0v) is 12.7. The number of carbonyl (C=O) groups excluding carboxylic acids is 1. The fourth-order valence-corrected chi connectivity index (χ4v) is 2.79. The second kappa shape index (κ2) is 9.32. The lowest BCUT2D eigenvalue weighted by Gasteiger charge is -2.32. The van der Waals surface area contributed by atoms with Crippen LogP contribution in [0.3, 0.4) is 0 Å². The molecule has 2 atom stereocenters. The van der Waals surface area contributed by atoms with E-state index in [1.807, 2.05) is 0 Å². The predicted octanol–water partition coefficient (Wildman–Crippen LogP) is 1.94. The lowest BCUT2D eigenvalue weighted by atomic mass is 9.79. The topological polar surface area (TPSA) is 50.4 Å². The summed E-state index contributed by atoms with van der Waals surface area (Å²) in [7, 11) is 1.64. The summed E-state index contributed by atoms with van der Waals surface area (Å²) in [6, 6.07) is 0.605. The van der Waals surface area contributed by atoms with Crippen molar-refractivity contribution in [2.24, 2.45) is 11.8 Å². The van der Waals surface area contributed by atoms with Gasteiger partial charge in [0, 0.05) is 32.7 Å². The van der Waals surface area contributed by atoms with Gasteiger partial charge in [0.25, 0.3) is 0 Å². The highest BCUT2D eigenvalue weighted by atomic mass is 16.5. The Kier molecular flexibility index (Phi) is 8.07. The van der Waals surface area contributed by atoms with E-state index >= 15 is 0 Å². The molecular formula is C15H30N2O2. The standard InChI is InChI=1S/C15H30N2O2/c1-12(2)13-5-4-6-14(11-13)16-8-7-15(18)17-9-10-19-3/h12-14,16H,4-11H2,1-3H3,(H,17,18). The van der Waals surface area contributed by atoms with Crippen LogP contribution >= 0.6 is 0 Å². The first-order chi connectivity index (χ1) is 9.13. The molecule has 0 spiro atoms. The van der Waals surface area contributed by atoms with Crippen LogP contribution in [0.5, 0.6) is 0 Å². The van der Waals surface area contributed by atoms with Gasteiger partial charge in [-0.2, -0.15) is 0 Å². The molecule has 1 rings (SSSR count). The van der Waals surface area contributed by atoms with E-state index in [0.29, 0.717) is 25.6 Å². The highest BCUT2D eigenvalue weighted by Crippen LogP contribution is 2.29. The summed E-state index contributed by atoms with van der Waals surface area (Å²) in [6.45, 7) is 6.60. The Labute approximate surface area is 117 Å². The van der Waals surface area contributed by atoms with Crippen molar-refractivity contribution in [2.45, 2.75) is 52.0 Å². The minimum absolute atomic E-state index is 0.112. The molecule has 4 nitrogen and oxygen atoms in total. The molecule has 4 heteroatoms. The maximum absolute atomic E-state index is 11.5. The van der Waals surface area contributed by atoms with Crippen molar-refractivity contribution in [2.75, 3.05) is 26.8 Å². The number of rotatable bonds is 8. The van der Waals surface area contributed by atoms with E-state index in [9.17, 15) is 4.79 Å². The minimum atomic E-state index is 0.112. The molecule has 2 unspecified atom stereocenters. The molecule has 1 amide bonds. The summed E-state index contributed by atoms with van der Waals surface area (Å²) < 4.78 is 4.90. The Morgan fingerprint density at radius 2 is 2.11 bits per heavy atom. The summed E-state index contributed by atoms with van der Waals surface area (Å²) in [5.41, 5.74) is 0. The molecular weight excluding hydrogens is 240 g/mol. The van der Waals surface area contributed by atoms with Gasteiger partial charge in [-0.1, -0.05) is 26.7 Å². The smallest absolute Gasteiger partial charge is 0.221 e. The molecule has 1 saturated carbocycles. The van der Waals surface area contributed by atoms with Crippen molar-refractivity contribution in [3.8, 4) is 0 Å². The monoisotopic (exact) mass is 270 g/mol. The molecule has 2 N–H and O–H groups in total. The molecule has 112 valence electrons. The molecule has 0 saturated heterocycles. The normalized spacial score (nSPS) is 23.6. The van der Waals surface area contributed by atoms with Crippen molar-refractivity contribution in [3.05, 3.63) is 0 Å². The first-order valence-electron chi connectivity index (χ1n) is 7.62. The van der Waals surface area contributed by atoms with E-state index in [1.165, 1.54) is 25.7 Å². The Balaban J connectivity index is 2.10. The lowest BCUT2D eigenvalue weighted by molar-refractivity contribution is -0.121. The van der Waals surface area contributed by atoms with Crippen LogP contribution in [0.2, 0.25) is 0 Å². The minimum Gasteiger partial charge on any atom is -0.383 e. The van der Waals surface area contributed by atoms with Gasteiger partial charge in [0.2, 0.25) is 5.91 Å². The SMILES string of the molecule is COCCNC(=O)CCNC1CCCC(C(C)C)C1. The summed E-state index contributed by atoms with van der Waals surface area (Å²) in [6.07, 6.45) is 5.78. The van der Waals surface area contributed by atoms with Crippen molar-refractivity contribution < 1.29 is 9.53 Å². The van der Waals surface area contributed by atoms with Crippen LogP contribution in [-0.4, -0.2) is 38.8 Å². The molecule has 0 aliphatic heterocycles. The van der Waals surface area contributed by atoms with Gasteiger partial charge in [0.15, 0.2) is 0 Å². The van der Waals surface area contributed by atoms with Gasteiger partial charge in [-0.3, -0.25) is 4.79 Å². The summed E-state index contributed by atoms with van der Waals surface area (Å²) >= 11 is 0. The number of carbonyl (C=O) groups is 1. The fourth-order valence-electron chi connectivity index (χ4n) is 2.79. The Hall–Kier alpha value is -0.610. The summed E-state index contributed by atoms with van der Waals surface area (Å²) in [4.78, 5) is 11.5. The van der Waals surface area contributed by atoms with Gasteiger partial charge >= 0.3 is 0 Å². The summed E-state index contributed by atoms with van der Waals surface area (Å²) in [5.74, 6) is 1.74. The van der Waals surface area contributed by atoms with Crippen molar-refractivity contribution in [1.82, 2.24) is 10.6 Å². The number of ether oxygens (including phenoxy) is 1. The third-order valence-electron chi connectivity index (χ3n) is 4.07. The predicted molar refractivity (Wildman–Crippen MR) is 78.1 cm³/mol. The van der Waals surface area contributed by atoms with Crippen molar-refractivity contribution >= 4 is 5.91 Å². The Bertz CT molecular complexity index is 257. The van der Waals surface area contributed by atoms with Crippen molar-refractivity contribution in [3.63, 3.8) is 0 Å². The number of hydrogen-bond donors (Lipinski definition) is 2. The molecule has 0 aromatic carbocycles. The number of methoxy groups -OCH3 is 1. The fraction of sp³-hybridized carbons (Fsp3) is 0.933. The third-order valence-corrected chi connectivity index (χ3v) is 4.07. The lowest BCUT2D eigenvalue weighted by Crippen LogP contribution is -2.38. The highest BCUT2D eigenvalue weighted by molar-refractivity contribution is 5.76. The molecule has 0 bridgehead atoms. The van der Waals surface area contributed by atoms with E-state index in [4.69, 9.17) is 4.74 Å². The van der Waals surface area contributed by atoms with Crippen LogP contribution in [0, 0.1) is 11.8 Å². The second-order valence-corrected chi connectivity index (χ2v) is 5.91. The molecule has 0 heterocycles. The van der Waals surface area contributed by atoms with Gasteiger partial charge in [-0.05, 0) is 24.7 Å². The van der Waals surface area contributed by atoms with Gasteiger partial charge < -0.3 is 15.4 Å². The van der Waals surface area contributed by atoms with Crippen LogP contribution in [0.1, 0.15) is 46.0 Å². The highest BCUT2D eigenvalue weighted by Gasteiger charge is 2.23. The molecule has 1 aliphatic rings. The molecule has 1 fully saturated rings. The van der Waals surface area contributed by atoms with Crippen LogP contribution < -0.4 is 10.6 Å². The van der Waals surface area contributed by atoms with Gasteiger partial charge in [0.1, 0.15) is 0 Å². The summed E-state index contributed by atoms with van der Waals surface area (Å²) in [5, 5.41) is 6.38. The zero-order chi connectivity index (χ0) is 14.1. The van der Waals surface area contributed by atoms with E-state index in [2.05, 4.69) is 24.5 Å². The first-order valence-corrected chi connectivity index (χ1v) is 7.62. The quantitative estimate of drug-likeness (QED) is 0.663. The van der Waals surface area contributed by atoms with Gasteiger partial charge in [0.05, 0.1) is 6.61 Å². The molecule has 19 heavy (non-hydrogen) atoms. The van der Waals surface area contributed by atoms with Gasteiger partial charge in [-0.15, -0.1) is 0 Å². The maximum atomic E-state index is 11.5. The number of nitrogens with one attached hydrogen (secondary N) is 2. The van der Waals surface area contributed by atoms with E-state index < -0.39 is 0 Å². The zero-order valence-electron chi connectivity index (χ0n) is 12.7. The van der Waals surface area contributed by atoms with Crippen LogP contribution in [0.15, 0.2) is 0 Å². The number of hydrogen-bond acceptors (Lipinski definition) is 3. The average molecular weight is 270 g/mol. The molecule has 0 aromatic heterocycles. The molecule has 1 aliphatic carbocycles.